The lowest BCUT2D eigenvalue weighted by atomic mass is 9.60. The minimum atomic E-state index is -1.19. The van der Waals surface area contributed by atoms with E-state index in [1.165, 1.54) is 6.07 Å². The molecule has 1 amide bonds. The third kappa shape index (κ3) is 2.91. The van der Waals surface area contributed by atoms with Gasteiger partial charge in [-0.25, -0.2) is 0 Å². The summed E-state index contributed by atoms with van der Waals surface area (Å²) in [5, 5.41) is 39.3. The van der Waals surface area contributed by atoms with Gasteiger partial charge in [0, 0.05) is 17.3 Å². The van der Waals surface area contributed by atoms with Crippen LogP contribution >= 0.6 is 0 Å². The van der Waals surface area contributed by atoms with E-state index in [2.05, 4.69) is 10.2 Å². The summed E-state index contributed by atoms with van der Waals surface area (Å²) < 4.78 is 0. The number of likely N-dealkylation sites (N-methyl/N-ethyl adjacent to an activating group) is 1. The smallest absolute Gasteiger partial charge is 0.255 e. The van der Waals surface area contributed by atoms with Gasteiger partial charge in [-0.15, -0.1) is 0 Å². The highest BCUT2D eigenvalue weighted by Crippen LogP contribution is 2.51. The Bertz CT molecular complexity index is 1310. The number of primary amides is 1. The number of nitrogens with one attached hydrogen (secondary N) is 1. The highest BCUT2D eigenvalue weighted by Gasteiger charge is 2.54. The number of nitrogens with two attached hydrogens (primary N) is 1. The summed E-state index contributed by atoms with van der Waals surface area (Å²) >= 11 is 0. The molecule has 4 atom stereocenters. The van der Waals surface area contributed by atoms with Gasteiger partial charge in [0.05, 0.1) is 23.7 Å². The molecule has 176 valence electrons. The number of nitrogens with zero attached hydrogens (tertiary/aromatic N) is 2. The van der Waals surface area contributed by atoms with E-state index in [0.29, 0.717) is 18.4 Å². The quantitative estimate of drug-likeness (QED) is 0.424. The Morgan fingerprint density at radius 3 is 2.53 bits per heavy atom. The molecule has 1 heterocycles. The van der Waals surface area contributed by atoms with Gasteiger partial charge < -0.3 is 21.1 Å². The fourth-order valence-corrected chi connectivity index (χ4v) is 5.94. The number of rotatable bonds is 3. The van der Waals surface area contributed by atoms with Crippen LogP contribution in [0.15, 0.2) is 47.2 Å². The average Bonchev–Trinajstić information content (AvgIpc) is 3.27. The van der Waals surface area contributed by atoms with Gasteiger partial charge >= 0.3 is 0 Å². The van der Waals surface area contributed by atoms with Crippen molar-refractivity contribution in [2.45, 2.75) is 18.9 Å². The van der Waals surface area contributed by atoms with Gasteiger partial charge in [-0.3, -0.25) is 24.4 Å². The van der Waals surface area contributed by atoms with Gasteiger partial charge in [-0.2, -0.15) is 5.10 Å². The number of hydrogen-bond donors (Lipinski definition) is 5. The zero-order valence-corrected chi connectivity index (χ0v) is 18.6. The number of amides is 1. The lowest BCUT2D eigenvalue weighted by Crippen LogP contribution is -2.53. The molecule has 0 aliphatic heterocycles. The second kappa shape index (κ2) is 7.56. The number of H-pyrrole nitrogens is 1. The molecule has 0 bridgehead atoms. The zero-order valence-electron chi connectivity index (χ0n) is 18.6. The number of allylic oxidation sites excluding steroid dienone is 2. The minimum absolute atomic E-state index is 0.0597. The summed E-state index contributed by atoms with van der Waals surface area (Å²) in [5.41, 5.74) is 7.08. The summed E-state index contributed by atoms with van der Waals surface area (Å²) in [7, 11) is 3.39. The summed E-state index contributed by atoms with van der Waals surface area (Å²) in [6, 6.07) is 2.39. The van der Waals surface area contributed by atoms with Crippen LogP contribution in [0.3, 0.4) is 0 Å². The average molecular weight is 464 g/mol. The Labute approximate surface area is 194 Å². The maximum atomic E-state index is 13.6. The van der Waals surface area contributed by atoms with E-state index in [-0.39, 0.29) is 16.9 Å². The van der Waals surface area contributed by atoms with Crippen LogP contribution in [-0.4, -0.2) is 68.0 Å². The molecule has 0 saturated carbocycles. The second-order valence-electron chi connectivity index (χ2n) is 9.28. The van der Waals surface area contributed by atoms with Gasteiger partial charge in [0.1, 0.15) is 22.8 Å². The number of fused-ring (bicyclic) bond motifs is 3. The number of phenolic OH excluding ortho intramolecular Hbond substituents is 1. The van der Waals surface area contributed by atoms with Crippen molar-refractivity contribution in [1.82, 2.24) is 15.1 Å². The topological polar surface area (TPSA) is 170 Å². The molecular weight excluding hydrogens is 440 g/mol. The van der Waals surface area contributed by atoms with Crippen molar-refractivity contribution in [2.24, 2.45) is 23.5 Å². The highest BCUT2D eigenvalue weighted by molar-refractivity contribution is 6.22. The van der Waals surface area contributed by atoms with Crippen LogP contribution in [0, 0.1) is 17.8 Å². The fourth-order valence-electron chi connectivity index (χ4n) is 5.94. The first-order valence-corrected chi connectivity index (χ1v) is 10.9. The number of ketones is 2. The van der Waals surface area contributed by atoms with Crippen LogP contribution in [0.25, 0.3) is 11.1 Å². The lowest BCUT2D eigenvalue weighted by Gasteiger charge is -2.46. The molecular formula is C24H24N4O6. The molecule has 0 radical (unpaired) electrons. The zero-order chi connectivity index (χ0) is 24.5. The third-order valence-corrected chi connectivity index (χ3v) is 7.26. The SMILES string of the molecule is CN(C)[C@@H]1C(O)=C(C(N)=O)C(=O)C2C(O)=C3C(=O)c4c(O)ccc(-c5cn[nH]c5)c4CC3CC21. The van der Waals surface area contributed by atoms with E-state index in [1.54, 1.807) is 37.5 Å². The summed E-state index contributed by atoms with van der Waals surface area (Å²) in [6.45, 7) is 0. The van der Waals surface area contributed by atoms with Gasteiger partial charge in [-0.05, 0) is 56.0 Å². The lowest BCUT2D eigenvalue weighted by molar-refractivity contribution is -0.127. The molecule has 34 heavy (non-hydrogen) atoms. The van der Waals surface area contributed by atoms with E-state index in [1.807, 2.05) is 0 Å². The van der Waals surface area contributed by atoms with Gasteiger partial charge in [0.15, 0.2) is 11.6 Å². The number of aliphatic hydroxyl groups is 2. The molecule has 5 rings (SSSR count). The van der Waals surface area contributed by atoms with E-state index in [4.69, 9.17) is 5.73 Å². The molecule has 6 N–H and O–H groups in total. The minimum Gasteiger partial charge on any atom is -0.511 e. The normalized spacial score (nSPS) is 26.4. The predicted octanol–water partition coefficient (Wildman–Crippen LogP) is 1.40. The second-order valence-corrected chi connectivity index (χ2v) is 9.28. The van der Waals surface area contributed by atoms with Crippen molar-refractivity contribution in [1.29, 1.82) is 0 Å². The van der Waals surface area contributed by atoms with Crippen molar-refractivity contribution in [2.75, 3.05) is 14.1 Å². The largest absolute Gasteiger partial charge is 0.511 e. The standard InChI is InChI=1S/C24H24N4O6/c1-28(2)19-13-6-9-5-12-11(10-7-26-27-8-10)3-4-14(29)16(12)20(30)15(9)21(31)17(13)22(32)18(23(19)33)24(25)34/h3-4,7-9,13,17,19,29,31,33H,5-6H2,1-2H3,(H2,25,34)(H,26,27)/t9?,13?,17?,19-/m0/s1. The van der Waals surface area contributed by atoms with E-state index in [9.17, 15) is 29.7 Å². The molecule has 10 heteroatoms. The predicted molar refractivity (Wildman–Crippen MR) is 120 cm³/mol. The van der Waals surface area contributed by atoms with Crippen molar-refractivity contribution < 1.29 is 29.7 Å². The van der Waals surface area contributed by atoms with Gasteiger partial charge in [0.25, 0.3) is 5.91 Å². The molecule has 0 fully saturated rings. The van der Waals surface area contributed by atoms with Crippen LogP contribution in [0.1, 0.15) is 22.3 Å². The molecule has 3 aliphatic carbocycles. The molecule has 10 nitrogen and oxygen atoms in total. The van der Waals surface area contributed by atoms with Crippen LogP contribution in [0.4, 0.5) is 0 Å². The van der Waals surface area contributed by atoms with Crippen LogP contribution in [-0.2, 0) is 16.0 Å². The number of Topliss-reactive ketones (excluding diaryl/α,β-unsaturated/α-hetero) is 2. The first-order valence-electron chi connectivity index (χ1n) is 10.9. The number of aromatic hydroxyl groups is 1. The Balaban J connectivity index is 1.69. The van der Waals surface area contributed by atoms with Crippen molar-refractivity contribution >= 4 is 17.5 Å². The van der Waals surface area contributed by atoms with Crippen molar-refractivity contribution in [3.05, 3.63) is 58.3 Å². The fraction of sp³-hybridized carbons (Fsp3) is 0.333. The number of aromatic nitrogens is 2. The Hall–Kier alpha value is -3.92. The first-order chi connectivity index (χ1) is 16.1. The molecule has 1 aromatic heterocycles. The third-order valence-electron chi connectivity index (χ3n) is 7.26. The number of benzene rings is 1. The number of carbonyl (C=O) groups excluding carboxylic acids is 3. The molecule has 3 unspecified atom stereocenters. The van der Waals surface area contributed by atoms with E-state index in [0.717, 1.165) is 11.1 Å². The molecule has 0 saturated heterocycles. The van der Waals surface area contributed by atoms with Gasteiger partial charge in [-0.1, -0.05) is 6.07 Å². The summed E-state index contributed by atoms with van der Waals surface area (Å²) in [6.07, 6.45) is 3.94. The van der Waals surface area contributed by atoms with Crippen LogP contribution in [0.5, 0.6) is 5.75 Å². The Morgan fingerprint density at radius 2 is 1.91 bits per heavy atom. The molecule has 3 aliphatic rings. The number of aliphatic hydroxyl groups excluding tert-OH is 2. The molecule has 2 aromatic rings. The Morgan fingerprint density at radius 1 is 1.18 bits per heavy atom. The van der Waals surface area contributed by atoms with E-state index >= 15 is 0 Å². The summed E-state index contributed by atoms with van der Waals surface area (Å²) in [4.78, 5) is 40.5. The number of phenols is 1. The maximum Gasteiger partial charge on any atom is 0.255 e. The first kappa shape index (κ1) is 21.9. The monoisotopic (exact) mass is 464 g/mol. The summed E-state index contributed by atoms with van der Waals surface area (Å²) in [5.74, 6) is -5.73. The number of carbonyl (C=O) groups is 3. The number of aromatic amines is 1. The number of hydrogen-bond acceptors (Lipinski definition) is 8. The van der Waals surface area contributed by atoms with Crippen molar-refractivity contribution in [3.8, 4) is 16.9 Å². The molecule has 1 aromatic carbocycles. The molecule has 0 spiro atoms. The van der Waals surface area contributed by atoms with Gasteiger partial charge in [0.2, 0.25) is 0 Å². The van der Waals surface area contributed by atoms with Crippen LogP contribution < -0.4 is 5.73 Å². The Kier molecular flexibility index (Phi) is 4.87. The maximum absolute atomic E-state index is 13.6. The van der Waals surface area contributed by atoms with Crippen molar-refractivity contribution in [3.63, 3.8) is 0 Å². The highest BCUT2D eigenvalue weighted by atomic mass is 16.3. The van der Waals surface area contributed by atoms with Crippen LogP contribution in [0.2, 0.25) is 0 Å². The van der Waals surface area contributed by atoms with E-state index < -0.39 is 58.4 Å².